The Hall–Kier alpha value is -1.11. The molecule has 3 rings (SSSR count). The molecule has 1 aromatic rings. The maximum Gasteiger partial charge on any atom is 0.140 e. The fraction of sp³-hybridized carbons (Fsp3) is 0.562. The first-order valence-corrected chi connectivity index (χ1v) is 6.80. The minimum atomic E-state index is 0.384. The van der Waals surface area contributed by atoms with Gasteiger partial charge in [0, 0.05) is 12.3 Å². The number of aryl methyl sites for hydroxylation is 1. The fourth-order valence-corrected chi connectivity index (χ4v) is 3.79. The minimum absolute atomic E-state index is 0.384. The van der Waals surface area contributed by atoms with Gasteiger partial charge in [-0.3, -0.25) is 4.79 Å². The highest BCUT2D eigenvalue weighted by Crippen LogP contribution is 2.48. The summed E-state index contributed by atoms with van der Waals surface area (Å²) in [6.45, 7) is 2.09. The zero-order valence-electron chi connectivity index (χ0n) is 10.5. The number of carbonyl (C=O) groups excluding carboxylic acids is 1. The van der Waals surface area contributed by atoms with Crippen LogP contribution in [0.3, 0.4) is 0 Å². The second-order valence-corrected chi connectivity index (χ2v) is 5.91. The Bertz CT molecular complexity index is 435. The molecule has 2 bridgehead atoms. The molecule has 2 aliphatic rings. The first kappa shape index (κ1) is 11.0. The molecule has 2 aliphatic carbocycles. The van der Waals surface area contributed by atoms with E-state index in [-0.39, 0.29) is 0 Å². The van der Waals surface area contributed by atoms with Crippen LogP contribution in [0.15, 0.2) is 24.3 Å². The first-order chi connectivity index (χ1) is 8.22. The van der Waals surface area contributed by atoms with E-state index in [1.807, 2.05) is 0 Å². The number of Topliss-reactive ketones (excluding diaryl/α,β-unsaturated/α-hetero) is 1. The molecule has 0 radical (unpaired) electrons. The van der Waals surface area contributed by atoms with Crippen LogP contribution in [0, 0.1) is 24.7 Å². The van der Waals surface area contributed by atoms with E-state index in [1.165, 1.54) is 36.8 Å². The van der Waals surface area contributed by atoms with Gasteiger partial charge in [0.2, 0.25) is 0 Å². The summed E-state index contributed by atoms with van der Waals surface area (Å²) in [5.41, 5.74) is 2.45. The number of ketones is 1. The van der Waals surface area contributed by atoms with Crippen LogP contribution < -0.4 is 0 Å². The van der Waals surface area contributed by atoms with Crippen molar-refractivity contribution in [1.29, 1.82) is 0 Å². The number of carbonyl (C=O) groups is 1. The van der Waals surface area contributed by atoms with E-state index in [4.69, 9.17) is 0 Å². The Morgan fingerprint density at radius 2 is 2.18 bits per heavy atom. The molecule has 0 saturated heterocycles. The SMILES string of the molecule is Cc1cccc(CC(=O)C2CC3CCC2C3)c1. The highest BCUT2D eigenvalue weighted by Gasteiger charge is 2.42. The minimum Gasteiger partial charge on any atom is -0.299 e. The van der Waals surface area contributed by atoms with E-state index in [2.05, 4.69) is 31.2 Å². The zero-order valence-corrected chi connectivity index (χ0v) is 10.5. The zero-order chi connectivity index (χ0) is 11.8. The third-order valence-electron chi connectivity index (χ3n) is 4.61. The van der Waals surface area contributed by atoms with Gasteiger partial charge in [0.25, 0.3) is 0 Å². The number of rotatable bonds is 3. The van der Waals surface area contributed by atoms with Crippen molar-refractivity contribution in [3.8, 4) is 0 Å². The lowest BCUT2D eigenvalue weighted by Gasteiger charge is -2.20. The van der Waals surface area contributed by atoms with Crippen LogP contribution in [0.1, 0.15) is 36.8 Å². The molecule has 0 N–H and O–H groups in total. The summed E-state index contributed by atoms with van der Waals surface area (Å²) < 4.78 is 0. The average Bonchev–Trinajstić information content (AvgIpc) is 2.90. The molecule has 2 saturated carbocycles. The van der Waals surface area contributed by atoms with Crippen LogP contribution in [-0.4, -0.2) is 5.78 Å². The van der Waals surface area contributed by atoms with Crippen LogP contribution in [0.25, 0.3) is 0 Å². The van der Waals surface area contributed by atoms with Crippen LogP contribution in [-0.2, 0) is 11.2 Å². The molecular formula is C16H20O. The quantitative estimate of drug-likeness (QED) is 0.773. The van der Waals surface area contributed by atoms with E-state index in [9.17, 15) is 4.79 Å². The second-order valence-electron chi connectivity index (χ2n) is 5.91. The van der Waals surface area contributed by atoms with Crippen molar-refractivity contribution in [3.63, 3.8) is 0 Å². The molecule has 0 aliphatic heterocycles. The van der Waals surface area contributed by atoms with Crippen molar-refractivity contribution in [2.24, 2.45) is 17.8 Å². The molecule has 3 unspecified atom stereocenters. The van der Waals surface area contributed by atoms with Gasteiger partial charge in [0.15, 0.2) is 0 Å². The van der Waals surface area contributed by atoms with Gasteiger partial charge in [-0.1, -0.05) is 36.2 Å². The Morgan fingerprint density at radius 3 is 2.82 bits per heavy atom. The lowest BCUT2D eigenvalue weighted by atomic mass is 9.83. The van der Waals surface area contributed by atoms with Gasteiger partial charge in [-0.05, 0) is 43.6 Å². The maximum atomic E-state index is 12.3. The molecule has 3 atom stereocenters. The highest BCUT2D eigenvalue weighted by molar-refractivity contribution is 5.84. The molecule has 0 heterocycles. The van der Waals surface area contributed by atoms with Gasteiger partial charge >= 0.3 is 0 Å². The topological polar surface area (TPSA) is 17.1 Å². The summed E-state index contributed by atoms with van der Waals surface area (Å²) in [7, 11) is 0. The second kappa shape index (κ2) is 4.29. The molecule has 1 nitrogen and oxygen atoms in total. The van der Waals surface area contributed by atoms with Gasteiger partial charge in [0.05, 0.1) is 0 Å². The Balaban J connectivity index is 1.68. The number of benzene rings is 1. The smallest absolute Gasteiger partial charge is 0.140 e. The lowest BCUT2D eigenvalue weighted by molar-refractivity contribution is -0.123. The van der Waals surface area contributed by atoms with Gasteiger partial charge in [-0.15, -0.1) is 0 Å². The molecule has 90 valence electrons. The fourth-order valence-electron chi connectivity index (χ4n) is 3.79. The number of hydrogen-bond donors (Lipinski definition) is 0. The molecule has 0 spiro atoms. The number of hydrogen-bond acceptors (Lipinski definition) is 1. The van der Waals surface area contributed by atoms with Gasteiger partial charge in [0.1, 0.15) is 5.78 Å². The lowest BCUT2D eigenvalue weighted by Crippen LogP contribution is -2.22. The van der Waals surface area contributed by atoms with E-state index in [0.29, 0.717) is 18.1 Å². The average molecular weight is 228 g/mol. The molecule has 2 fully saturated rings. The standard InChI is InChI=1S/C16H20O/c1-11-3-2-4-12(7-11)10-16(17)15-9-13-5-6-14(15)8-13/h2-4,7,13-15H,5-6,8-10H2,1H3. The maximum absolute atomic E-state index is 12.3. The van der Waals surface area contributed by atoms with E-state index >= 15 is 0 Å². The van der Waals surface area contributed by atoms with Crippen molar-refractivity contribution in [1.82, 2.24) is 0 Å². The predicted octanol–water partition coefficient (Wildman–Crippen LogP) is 3.54. The summed E-state index contributed by atoms with van der Waals surface area (Å²) in [5.74, 6) is 2.46. The van der Waals surface area contributed by atoms with Crippen molar-refractivity contribution >= 4 is 5.78 Å². The van der Waals surface area contributed by atoms with Crippen LogP contribution in [0.4, 0.5) is 0 Å². The van der Waals surface area contributed by atoms with Crippen LogP contribution in [0.2, 0.25) is 0 Å². The monoisotopic (exact) mass is 228 g/mol. The third kappa shape index (κ3) is 2.15. The summed E-state index contributed by atoms with van der Waals surface area (Å²) in [6, 6.07) is 8.37. The Morgan fingerprint density at radius 1 is 1.29 bits per heavy atom. The van der Waals surface area contributed by atoms with Gasteiger partial charge < -0.3 is 0 Å². The molecule has 17 heavy (non-hydrogen) atoms. The molecule has 1 aromatic carbocycles. The highest BCUT2D eigenvalue weighted by atomic mass is 16.1. The Labute approximate surface area is 103 Å². The largest absolute Gasteiger partial charge is 0.299 e. The molecular weight excluding hydrogens is 208 g/mol. The van der Waals surface area contributed by atoms with Crippen molar-refractivity contribution in [2.75, 3.05) is 0 Å². The van der Waals surface area contributed by atoms with Gasteiger partial charge in [-0.2, -0.15) is 0 Å². The summed E-state index contributed by atoms with van der Waals surface area (Å²) in [4.78, 5) is 12.3. The normalized spacial score (nSPS) is 30.8. The third-order valence-corrected chi connectivity index (χ3v) is 4.61. The Kier molecular flexibility index (Phi) is 2.78. The van der Waals surface area contributed by atoms with Crippen LogP contribution in [0.5, 0.6) is 0 Å². The van der Waals surface area contributed by atoms with Crippen molar-refractivity contribution in [3.05, 3.63) is 35.4 Å². The first-order valence-electron chi connectivity index (χ1n) is 6.80. The number of fused-ring (bicyclic) bond motifs is 2. The molecule has 0 aromatic heterocycles. The van der Waals surface area contributed by atoms with E-state index in [0.717, 1.165) is 11.8 Å². The summed E-state index contributed by atoms with van der Waals surface area (Å²) in [6.07, 6.45) is 5.82. The van der Waals surface area contributed by atoms with Crippen molar-refractivity contribution in [2.45, 2.75) is 39.0 Å². The van der Waals surface area contributed by atoms with Crippen molar-refractivity contribution < 1.29 is 4.79 Å². The summed E-state index contributed by atoms with van der Waals surface area (Å²) in [5, 5.41) is 0. The summed E-state index contributed by atoms with van der Waals surface area (Å²) >= 11 is 0. The molecule has 1 heteroatoms. The van der Waals surface area contributed by atoms with E-state index < -0.39 is 0 Å². The molecule has 0 amide bonds. The van der Waals surface area contributed by atoms with E-state index in [1.54, 1.807) is 0 Å². The van der Waals surface area contributed by atoms with Crippen LogP contribution >= 0.6 is 0 Å². The van der Waals surface area contributed by atoms with Gasteiger partial charge in [-0.25, -0.2) is 0 Å². The predicted molar refractivity (Wildman–Crippen MR) is 68.8 cm³/mol.